The Balaban J connectivity index is 1.74. The molecule has 0 bridgehead atoms. The van der Waals surface area contributed by atoms with Crippen molar-refractivity contribution in [3.63, 3.8) is 0 Å². The predicted molar refractivity (Wildman–Crippen MR) is 83.3 cm³/mol. The van der Waals surface area contributed by atoms with Gasteiger partial charge in [-0.15, -0.1) is 0 Å². The Kier molecular flexibility index (Phi) is 5.43. The minimum atomic E-state index is 1.14. The lowest BCUT2D eigenvalue weighted by atomic mass is 10.0. The van der Waals surface area contributed by atoms with E-state index in [-0.39, 0.29) is 0 Å². The second kappa shape index (κ2) is 7.58. The van der Waals surface area contributed by atoms with Crippen molar-refractivity contribution in [2.45, 2.75) is 32.6 Å². The molecular formula is C19H22. The average Bonchev–Trinajstić information content (AvgIpc) is 2.47. The molecule has 0 unspecified atom stereocenters. The van der Waals surface area contributed by atoms with Gasteiger partial charge in [0.1, 0.15) is 0 Å². The highest BCUT2D eigenvalue weighted by molar-refractivity contribution is 5.17. The van der Waals surface area contributed by atoms with Crippen LogP contribution in [0.3, 0.4) is 0 Å². The van der Waals surface area contributed by atoms with Crippen LogP contribution in [0.2, 0.25) is 0 Å². The highest BCUT2D eigenvalue weighted by Gasteiger charge is 1.94. The zero-order chi connectivity index (χ0) is 13.3. The lowest BCUT2D eigenvalue weighted by Gasteiger charge is -2.03. The van der Waals surface area contributed by atoms with Gasteiger partial charge in [0.15, 0.2) is 0 Å². The maximum absolute atomic E-state index is 2.38. The molecule has 0 aromatic heterocycles. The molecule has 0 atom stereocenters. The van der Waals surface area contributed by atoms with E-state index >= 15 is 0 Å². The minimum absolute atomic E-state index is 1.14. The Hall–Kier alpha value is -1.82. The van der Waals surface area contributed by atoms with Gasteiger partial charge in [0.2, 0.25) is 0 Å². The molecule has 0 spiro atoms. The van der Waals surface area contributed by atoms with Gasteiger partial charge in [-0.1, -0.05) is 72.3 Å². The summed E-state index contributed by atoms with van der Waals surface area (Å²) in [5, 5.41) is 0. The van der Waals surface area contributed by atoms with Crippen LogP contribution in [0.15, 0.2) is 72.3 Å². The molecule has 2 aromatic rings. The lowest BCUT2D eigenvalue weighted by molar-refractivity contribution is 0.910. The van der Waals surface area contributed by atoms with E-state index in [0.717, 1.165) is 19.3 Å². The van der Waals surface area contributed by atoms with Gasteiger partial charge in [0, 0.05) is 0 Å². The van der Waals surface area contributed by atoms with Crippen LogP contribution in [0.5, 0.6) is 0 Å². The summed E-state index contributed by atoms with van der Waals surface area (Å²) >= 11 is 0. The third-order valence-corrected chi connectivity index (χ3v) is 3.42. The second-order valence-corrected chi connectivity index (χ2v) is 5.06. The van der Waals surface area contributed by atoms with E-state index in [2.05, 4.69) is 73.7 Å². The molecule has 0 amide bonds. The Morgan fingerprint density at radius 3 is 1.89 bits per heavy atom. The third kappa shape index (κ3) is 5.13. The van der Waals surface area contributed by atoms with E-state index in [9.17, 15) is 0 Å². The molecule has 0 saturated heterocycles. The topological polar surface area (TPSA) is 0 Å². The van der Waals surface area contributed by atoms with Crippen molar-refractivity contribution in [3.05, 3.63) is 83.4 Å². The molecule has 0 heteroatoms. The van der Waals surface area contributed by atoms with Crippen LogP contribution in [-0.2, 0) is 12.8 Å². The summed E-state index contributed by atoms with van der Waals surface area (Å²) in [4.78, 5) is 0. The Morgan fingerprint density at radius 1 is 0.789 bits per heavy atom. The standard InChI is InChI=1S/C19H22/c1-17(15-16-19-12-6-3-7-13-19)9-8-14-18-10-4-2-5-11-18/h2-7,9-13H,8,14-16H2,1H3/b17-9+. The predicted octanol–water partition coefficient (Wildman–Crippen LogP) is 5.20. The first-order chi connectivity index (χ1) is 9.34. The van der Waals surface area contributed by atoms with Gasteiger partial charge in [0.05, 0.1) is 0 Å². The summed E-state index contributed by atoms with van der Waals surface area (Å²) in [6.07, 6.45) is 6.98. The van der Waals surface area contributed by atoms with Gasteiger partial charge in [-0.2, -0.15) is 0 Å². The van der Waals surface area contributed by atoms with Crippen molar-refractivity contribution in [3.8, 4) is 0 Å². The fourth-order valence-electron chi connectivity index (χ4n) is 2.22. The van der Waals surface area contributed by atoms with E-state index in [4.69, 9.17) is 0 Å². The van der Waals surface area contributed by atoms with Crippen LogP contribution in [0.25, 0.3) is 0 Å². The molecule has 0 radical (unpaired) electrons. The lowest BCUT2D eigenvalue weighted by Crippen LogP contribution is -1.87. The maximum Gasteiger partial charge on any atom is -0.0242 e. The average molecular weight is 250 g/mol. The Bertz CT molecular complexity index is 494. The van der Waals surface area contributed by atoms with E-state index in [0.29, 0.717) is 0 Å². The number of hydrogen-bond acceptors (Lipinski definition) is 0. The number of allylic oxidation sites excluding steroid dienone is 2. The monoisotopic (exact) mass is 250 g/mol. The van der Waals surface area contributed by atoms with Gasteiger partial charge in [-0.3, -0.25) is 0 Å². The van der Waals surface area contributed by atoms with E-state index in [1.807, 2.05) is 0 Å². The summed E-state index contributed by atoms with van der Waals surface area (Å²) in [7, 11) is 0. The maximum atomic E-state index is 2.38. The minimum Gasteiger partial charge on any atom is -0.0853 e. The van der Waals surface area contributed by atoms with E-state index in [1.165, 1.54) is 23.1 Å². The fraction of sp³-hybridized carbons (Fsp3) is 0.263. The van der Waals surface area contributed by atoms with Gasteiger partial charge >= 0.3 is 0 Å². The smallest absolute Gasteiger partial charge is 0.0242 e. The molecule has 0 fully saturated rings. The SMILES string of the molecule is C/C(=C\CCc1ccccc1)CCc1ccccc1. The van der Waals surface area contributed by atoms with Gasteiger partial charge in [-0.05, 0) is 43.7 Å². The van der Waals surface area contributed by atoms with Crippen LogP contribution in [0.4, 0.5) is 0 Å². The van der Waals surface area contributed by atoms with Crippen molar-refractivity contribution in [1.82, 2.24) is 0 Å². The van der Waals surface area contributed by atoms with E-state index < -0.39 is 0 Å². The van der Waals surface area contributed by atoms with Crippen molar-refractivity contribution in [2.24, 2.45) is 0 Å². The summed E-state index contributed by atoms with van der Waals surface area (Å²) in [6, 6.07) is 21.4. The molecule has 0 saturated carbocycles. The molecule has 0 aliphatic rings. The van der Waals surface area contributed by atoms with Crippen molar-refractivity contribution >= 4 is 0 Å². The van der Waals surface area contributed by atoms with Crippen LogP contribution in [0, 0.1) is 0 Å². The van der Waals surface area contributed by atoms with Crippen molar-refractivity contribution in [1.29, 1.82) is 0 Å². The number of rotatable bonds is 6. The summed E-state index contributed by atoms with van der Waals surface area (Å²) in [6.45, 7) is 2.24. The summed E-state index contributed by atoms with van der Waals surface area (Å²) in [5.41, 5.74) is 4.35. The third-order valence-electron chi connectivity index (χ3n) is 3.42. The first-order valence-electron chi connectivity index (χ1n) is 7.08. The zero-order valence-corrected chi connectivity index (χ0v) is 11.7. The summed E-state index contributed by atoms with van der Waals surface area (Å²) < 4.78 is 0. The molecule has 0 N–H and O–H groups in total. The highest BCUT2D eigenvalue weighted by atomic mass is 14.0. The second-order valence-electron chi connectivity index (χ2n) is 5.06. The highest BCUT2D eigenvalue weighted by Crippen LogP contribution is 2.10. The fourth-order valence-corrected chi connectivity index (χ4v) is 2.22. The molecule has 2 rings (SSSR count). The number of aryl methyl sites for hydroxylation is 2. The molecule has 0 aliphatic carbocycles. The molecule has 0 nitrogen and oxygen atoms in total. The van der Waals surface area contributed by atoms with Crippen molar-refractivity contribution < 1.29 is 0 Å². The normalized spacial score (nSPS) is 11.5. The van der Waals surface area contributed by atoms with Crippen LogP contribution < -0.4 is 0 Å². The number of benzene rings is 2. The van der Waals surface area contributed by atoms with Crippen molar-refractivity contribution in [2.75, 3.05) is 0 Å². The first-order valence-corrected chi connectivity index (χ1v) is 7.08. The number of hydrogen-bond donors (Lipinski definition) is 0. The molecule has 2 aromatic carbocycles. The molecule has 0 heterocycles. The largest absolute Gasteiger partial charge is 0.0853 e. The zero-order valence-electron chi connectivity index (χ0n) is 11.7. The van der Waals surface area contributed by atoms with Gasteiger partial charge in [0.25, 0.3) is 0 Å². The van der Waals surface area contributed by atoms with Gasteiger partial charge < -0.3 is 0 Å². The quantitative estimate of drug-likeness (QED) is 0.618. The van der Waals surface area contributed by atoms with Crippen LogP contribution >= 0.6 is 0 Å². The molecule has 19 heavy (non-hydrogen) atoms. The Labute approximate surface area is 116 Å². The summed E-state index contributed by atoms with van der Waals surface area (Å²) in [5.74, 6) is 0. The molecular weight excluding hydrogens is 228 g/mol. The van der Waals surface area contributed by atoms with E-state index in [1.54, 1.807) is 0 Å². The van der Waals surface area contributed by atoms with Gasteiger partial charge in [-0.25, -0.2) is 0 Å². The first kappa shape index (κ1) is 13.6. The van der Waals surface area contributed by atoms with Crippen LogP contribution in [-0.4, -0.2) is 0 Å². The Morgan fingerprint density at radius 2 is 1.32 bits per heavy atom. The van der Waals surface area contributed by atoms with Crippen LogP contribution in [0.1, 0.15) is 30.9 Å². The molecule has 0 aliphatic heterocycles. The molecule has 98 valence electrons.